The predicted octanol–water partition coefficient (Wildman–Crippen LogP) is 2.07. The minimum atomic E-state index is -0.253. The minimum absolute atomic E-state index is 0. The van der Waals surface area contributed by atoms with Crippen molar-refractivity contribution >= 4 is 18.3 Å². The van der Waals surface area contributed by atoms with Gasteiger partial charge in [-0.1, -0.05) is 30.3 Å². The van der Waals surface area contributed by atoms with E-state index in [-0.39, 0.29) is 36.5 Å². The lowest BCUT2D eigenvalue weighted by atomic mass is 9.98. The molecule has 27 heavy (non-hydrogen) atoms. The molecule has 2 unspecified atom stereocenters. The number of fused-ring (bicyclic) bond motifs is 2. The van der Waals surface area contributed by atoms with Crippen molar-refractivity contribution in [2.45, 2.75) is 50.4 Å². The molecule has 2 bridgehead atoms. The number of benzene rings is 1. The van der Waals surface area contributed by atoms with Gasteiger partial charge in [-0.25, -0.2) is 4.68 Å². The summed E-state index contributed by atoms with van der Waals surface area (Å²) in [6.07, 6.45) is 4.38. The Morgan fingerprint density at radius 3 is 2.48 bits per heavy atom. The van der Waals surface area contributed by atoms with Gasteiger partial charge in [0.25, 0.3) is 5.56 Å². The number of halogens is 1. The number of piperidine rings is 1. The van der Waals surface area contributed by atoms with E-state index < -0.39 is 0 Å². The highest BCUT2D eigenvalue weighted by atomic mass is 35.5. The van der Waals surface area contributed by atoms with Crippen LogP contribution in [-0.2, 0) is 11.3 Å². The normalized spacial score (nSPS) is 23.5. The third kappa shape index (κ3) is 4.22. The van der Waals surface area contributed by atoms with Crippen molar-refractivity contribution < 1.29 is 4.79 Å². The molecule has 0 saturated carbocycles. The number of hydrogen-bond acceptors (Lipinski definition) is 4. The summed E-state index contributed by atoms with van der Waals surface area (Å²) in [7, 11) is 1.85. The van der Waals surface area contributed by atoms with E-state index in [0.29, 0.717) is 17.8 Å². The van der Waals surface area contributed by atoms with E-state index in [0.717, 1.165) is 18.4 Å². The fourth-order valence-electron chi connectivity index (χ4n) is 4.11. The van der Waals surface area contributed by atoms with Crippen LogP contribution in [0.15, 0.2) is 47.3 Å². The third-order valence-corrected chi connectivity index (χ3v) is 5.61. The average Bonchev–Trinajstić information content (AvgIpc) is 3.01. The maximum Gasteiger partial charge on any atom is 0.267 e. The molecule has 2 aromatic rings. The van der Waals surface area contributed by atoms with Crippen LogP contribution in [0.5, 0.6) is 0 Å². The van der Waals surface area contributed by atoms with Gasteiger partial charge < -0.3 is 10.2 Å². The van der Waals surface area contributed by atoms with Crippen LogP contribution in [-0.4, -0.2) is 45.8 Å². The van der Waals surface area contributed by atoms with Crippen LogP contribution in [0.4, 0.5) is 0 Å². The van der Waals surface area contributed by atoms with E-state index in [2.05, 4.69) is 10.4 Å². The zero-order chi connectivity index (χ0) is 18.1. The van der Waals surface area contributed by atoms with Crippen LogP contribution < -0.4 is 10.9 Å². The van der Waals surface area contributed by atoms with Crippen molar-refractivity contribution in [2.75, 3.05) is 7.05 Å². The monoisotopic (exact) mass is 388 g/mol. The van der Waals surface area contributed by atoms with Crippen LogP contribution in [0.1, 0.15) is 25.7 Å². The van der Waals surface area contributed by atoms with Crippen molar-refractivity contribution in [3.05, 3.63) is 52.8 Å². The molecule has 1 aromatic carbocycles. The second kappa shape index (κ2) is 8.23. The van der Waals surface area contributed by atoms with Gasteiger partial charge in [0.15, 0.2) is 0 Å². The number of rotatable bonds is 4. The van der Waals surface area contributed by atoms with Crippen LogP contribution in [0.2, 0.25) is 0 Å². The maximum absolute atomic E-state index is 12.8. The zero-order valence-corrected chi connectivity index (χ0v) is 16.2. The minimum Gasteiger partial charge on any atom is -0.341 e. The van der Waals surface area contributed by atoms with Gasteiger partial charge in [0.05, 0.1) is 5.69 Å². The van der Waals surface area contributed by atoms with Gasteiger partial charge in [-0.3, -0.25) is 9.59 Å². The van der Waals surface area contributed by atoms with E-state index in [4.69, 9.17) is 0 Å². The van der Waals surface area contributed by atoms with Gasteiger partial charge in [-0.15, -0.1) is 12.4 Å². The van der Waals surface area contributed by atoms with Crippen LogP contribution >= 0.6 is 12.4 Å². The maximum atomic E-state index is 12.8. The van der Waals surface area contributed by atoms with Gasteiger partial charge in [0, 0.05) is 36.8 Å². The molecule has 6 nitrogen and oxygen atoms in total. The summed E-state index contributed by atoms with van der Waals surface area (Å²) in [5.74, 6) is -0.0592. The highest BCUT2D eigenvalue weighted by molar-refractivity contribution is 5.85. The molecule has 1 aromatic heterocycles. The Labute approximate surface area is 165 Å². The first kappa shape index (κ1) is 19.6. The van der Waals surface area contributed by atoms with Crippen molar-refractivity contribution in [1.29, 1.82) is 0 Å². The van der Waals surface area contributed by atoms with Gasteiger partial charge >= 0.3 is 0 Å². The molecule has 1 N–H and O–H groups in total. The largest absolute Gasteiger partial charge is 0.341 e. The molecule has 2 saturated heterocycles. The molecule has 2 aliphatic heterocycles. The summed E-state index contributed by atoms with van der Waals surface area (Å²) in [5.41, 5.74) is 1.37. The highest BCUT2D eigenvalue weighted by Crippen LogP contribution is 2.29. The fourth-order valence-corrected chi connectivity index (χ4v) is 4.11. The topological polar surface area (TPSA) is 67.2 Å². The summed E-state index contributed by atoms with van der Waals surface area (Å²) in [6, 6.07) is 14.1. The molecule has 2 atom stereocenters. The SMILES string of the molecule is CN(C(=O)Cn1nc(-c2ccccc2)ccc1=O)C1CC2CCC(C1)N2.Cl. The molecule has 0 spiro atoms. The number of carbonyl (C=O) groups excluding carboxylic acids is 1. The fraction of sp³-hybridized carbons (Fsp3) is 0.450. The number of aromatic nitrogens is 2. The Kier molecular flexibility index (Phi) is 5.97. The van der Waals surface area contributed by atoms with Gasteiger partial charge in [-0.2, -0.15) is 5.10 Å². The molecule has 2 fully saturated rings. The lowest BCUT2D eigenvalue weighted by Gasteiger charge is -2.35. The van der Waals surface area contributed by atoms with Crippen LogP contribution in [0.3, 0.4) is 0 Å². The summed E-state index contributed by atoms with van der Waals surface area (Å²) >= 11 is 0. The van der Waals surface area contributed by atoms with Crippen LogP contribution in [0, 0.1) is 0 Å². The van der Waals surface area contributed by atoms with E-state index >= 15 is 0 Å². The van der Waals surface area contributed by atoms with Gasteiger partial charge in [0.2, 0.25) is 5.91 Å². The molecule has 7 heteroatoms. The molecule has 2 aliphatic rings. The second-order valence-corrected chi connectivity index (χ2v) is 7.35. The number of nitrogens with one attached hydrogen (secondary N) is 1. The Bertz CT molecular complexity index is 843. The number of nitrogens with zero attached hydrogens (tertiary/aromatic N) is 3. The standard InChI is InChI=1S/C20H24N4O2.ClH/c1-23(17-11-15-7-8-16(12-17)21-15)20(26)13-24-19(25)10-9-18(22-24)14-5-3-2-4-6-14;/h2-6,9-10,15-17,21H,7-8,11-13H2,1H3;1H. The molecular formula is C20H25ClN4O2. The second-order valence-electron chi connectivity index (χ2n) is 7.35. The molecule has 0 radical (unpaired) electrons. The van der Waals surface area contributed by atoms with Crippen molar-refractivity contribution in [2.24, 2.45) is 0 Å². The number of hydrogen-bond donors (Lipinski definition) is 1. The third-order valence-electron chi connectivity index (χ3n) is 5.61. The molecule has 3 heterocycles. The summed E-state index contributed by atoms with van der Waals surface area (Å²) < 4.78 is 1.27. The predicted molar refractivity (Wildman–Crippen MR) is 107 cm³/mol. The number of carbonyl (C=O) groups is 1. The smallest absolute Gasteiger partial charge is 0.267 e. The Morgan fingerprint density at radius 1 is 1.15 bits per heavy atom. The molecular weight excluding hydrogens is 364 g/mol. The van der Waals surface area contributed by atoms with Crippen LogP contribution in [0.25, 0.3) is 11.3 Å². The first-order chi connectivity index (χ1) is 12.6. The first-order valence-corrected chi connectivity index (χ1v) is 9.25. The summed E-state index contributed by atoms with van der Waals surface area (Å²) in [6.45, 7) is -0.0186. The van der Waals surface area contributed by atoms with Gasteiger partial charge in [-0.05, 0) is 31.7 Å². The van der Waals surface area contributed by atoms with E-state index in [1.54, 1.807) is 6.07 Å². The number of amides is 1. The Hall–Kier alpha value is -2.18. The Morgan fingerprint density at radius 2 is 1.81 bits per heavy atom. The van der Waals surface area contributed by atoms with Crippen molar-refractivity contribution in [3.63, 3.8) is 0 Å². The molecule has 144 valence electrons. The molecule has 1 amide bonds. The summed E-state index contributed by atoms with van der Waals surface area (Å²) in [4.78, 5) is 26.7. The zero-order valence-electron chi connectivity index (χ0n) is 15.4. The lowest BCUT2D eigenvalue weighted by molar-refractivity contribution is -0.133. The molecule has 0 aliphatic carbocycles. The van der Waals surface area contributed by atoms with E-state index in [1.807, 2.05) is 42.3 Å². The van der Waals surface area contributed by atoms with Crippen molar-refractivity contribution in [3.8, 4) is 11.3 Å². The van der Waals surface area contributed by atoms with Gasteiger partial charge in [0.1, 0.15) is 6.54 Å². The summed E-state index contributed by atoms with van der Waals surface area (Å²) in [5, 5.41) is 7.99. The molecule has 4 rings (SSSR count). The quantitative estimate of drug-likeness (QED) is 0.870. The lowest BCUT2D eigenvalue weighted by Crippen LogP contribution is -2.49. The number of likely N-dealkylation sites (N-methyl/N-ethyl adjacent to an activating group) is 1. The van der Waals surface area contributed by atoms with E-state index in [1.165, 1.54) is 23.6 Å². The van der Waals surface area contributed by atoms with E-state index in [9.17, 15) is 9.59 Å². The average molecular weight is 389 g/mol. The van der Waals surface area contributed by atoms with Crippen molar-refractivity contribution in [1.82, 2.24) is 20.0 Å². The first-order valence-electron chi connectivity index (χ1n) is 9.25. The highest BCUT2D eigenvalue weighted by Gasteiger charge is 2.36. The Balaban J connectivity index is 0.00000210.